The molecule has 0 atom stereocenters. The molecular weight excluding hydrogens is 222 g/mol. The fourth-order valence-electron chi connectivity index (χ4n) is 1.57. The molecule has 82 valence electrons. The number of rotatable bonds is 1. The quantitative estimate of drug-likeness (QED) is 0.584. The second-order valence-electron chi connectivity index (χ2n) is 3.76. The summed E-state index contributed by atoms with van der Waals surface area (Å²) in [5.41, 5.74) is 8.80. The topological polar surface area (TPSA) is 46.2 Å². The minimum absolute atomic E-state index is 0.0788. The number of halogens is 1. The van der Waals surface area contributed by atoms with E-state index in [0.29, 0.717) is 10.7 Å². The van der Waals surface area contributed by atoms with Gasteiger partial charge in [-0.25, -0.2) is 0 Å². The number of hydrogen-bond acceptors (Lipinski definition) is 2. The van der Waals surface area contributed by atoms with Crippen LogP contribution in [0, 0.1) is 6.92 Å². The predicted molar refractivity (Wildman–Crippen MR) is 67.7 cm³/mol. The monoisotopic (exact) mass is 233 g/mol. The lowest BCUT2D eigenvalue weighted by molar-refractivity contribution is 0.478. The van der Waals surface area contributed by atoms with Gasteiger partial charge in [0.2, 0.25) is 0 Å². The van der Waals surface area contributed by atoms with Crippen molar-refractivity contribution in [2.45, 2.75) is 6.92 Å². The van der Waals surface area contributed by atoms with E-state index < -0.39 is 0 Å². The molecule has 0 amide bonds. The van der Waals surface area contributed by atoms with Crippen LogP contribution in [0.25, 0.3) is 11.1 Å². The molecular formula is C13H12ClNO. The molecule has 0 bridgehead atoms. The van der Waals surface area contributed by atoms with Crippen molar-refractivity contribution in [1.82, 2.24) is 0 Å². The highest BCUT2D eigenvalue weighted by molar-refractivity contribution is 6.33. The lowest BCUT2D eigenvalue weighted by atomic mass is 10.0. The number of anilines is 1. The summed E-state index contributed by atoms with van der Waals surface area (Å²) in [6.45, 7) is 2.00. The van der Waals surface area contributed by atoms with Crippen LogP contribution in [0.15, 0.2) is 36.4 Å². The van der Waals surface area contributed by atoms with Gasteiger partial charge < -0.3 is 10.8 Å². The zero-order valence-corrected chi connectivity index (χ0v) is 9.62. The van der Waals surface area contributed by atoms with Gasteiger partial charge in [0.05, 0.1) is 5.69 Å². The van der Waals surface area contributed by atoms with Crippen molar-refractivity contribution in [3.63, 3.8) is 0 Å². The van der Waals surface area contributed by atoms with Gasteiger partial charge in [-0.15, -0.1) is 0 Å². The Morgan fingerprint density at radius 1 is 1.12 bits per heavy atom. The number of aryl methyl sites for hydroxylation is 1. The van der Waals surface area contributed by atoms with Crippen LogP contribution in [0.5, 0.6) is 5.75 Å². The van der Waals surface area contributed by atoms with E-state index in [1.54, 1.807) is 12.1 Å². The van der Waals surface area contributed by atoms with Crippen molar-refractivity contribution in [3.05, 3.63) is 47.0 Å². The lowest BCUT2D eigenvalue weighted by Crippen LogP contribution is -1.87. The Morgan fingerprint density at radius 3 is 2.56 bits per heavy atom. The summed E-state index contributed by atoms with van der Waals surface area (Å²) in [4.78, 5) is 0. The number of benzene rings is 2. The van der Waals surface area contributed by atoms with Crippen molar-refractivity contribution in [1.29, 1.82) is 0 Å². The number of phenols is 1. The first-order valence-corrected chi connectivity index (χ1v) is 5.31. The first-order chi connectivity index (χ1) is 7.58. The molecule has 3 N–H and O–H groups in total. The zero-order chi connectivity index (χ0) is 11.7. The second-order valence-corrected chi connectivity index (χ2v) is 4.16. The summed E-state index contributed by atoms with van der Waals surface area (Å²) in [6, 6.07) is 10.9. The largest absolute Gasteiger partial charge is 0.506 e. The highest BCUT2D eigenvalue weighted by Crippen LogP contribution is 2.32. The van der Waals surface area contributed by atoms with Gasteiger partial charge in [0, 0.05) is 10.6 Å². The fourth-order valence-corrected chi connectivity index (χ4v) is 1.80. The van der Waals surface area contributed by atoms with Gasteiger partial charge in [-0.05, 0) is 36.8 Å². The van der Waals surface area contributed by atoms with Gasteiger partial charge >= 0.3 is 0 Å². The van der Waals surface area contributed by atoms with Crippen LogP contribution < -0.4 is 5.73 Å². The Labute approximate surface area is 99.3 Å². The highest BCUT2D eigenvalue weighted by Gasteiger charge is 2.06. The summed E-state index contributed by atoms with van der Waals surface area (Å²) < 4.78 is 0. The van der Waals surface area contributed by atoms with E-state index >= 15 is 0 Å². The Balaban J connectivity index is 2.58. The number of nitrogen functional groups attached to an aromatic ring is 1. The van der Waals surface area contributed by atoms with E-state index in [-0.39, 0.29) is 5.75 Å². The highest BCUT2D eigenvalue weighted by atomic mass is 35.5. The van der Waals surface area contributed by atoms with Crippen LogP contribution >= 0.6 is 11.6 Å². The molecule has 0 aromatic heterocycles. The van der Waals surface area contributed by atoms with Crippen LogP contribution in [0.2, 0.25) is 5.02 Å². The molecule has 0 fully saturated rings. The zero-order valence-electron chi connectivity index (χ0n) is 8.87. The standard InChI is InChI=1S/C13H12ClNO/c1-8-2-4-11(14)10(6-8)9-3-5-12(15)13(16)7-9/h2-7,16H,15H2,1H3. The van der Waals surface area contributed by atoms with Gasteiger partial charge in [0.25, 0.3) is 0 Å². The third kappa shape index (κ3) is 1.97. The molecule has 2 aromatic rings. The van der Waals surface area contributed by atoms with E-state index in [9.17, 15) is 5.11 Å². The maximum Gasteiger partial charge on any atom is 0.139 e. The van der Waals surface area contributed by atoms with Crippen molar-refractivity contribution >= 4 is 17.3 Å². The molecule has 2 rings (SSSR count). The molecule has 2 aromatic carbocycles. The third-order valence-corrected chi connectivity index (χ3v) is 2.79. The first kappa shape index (κ1) is 10.8. The summed E-state index contributed by atoms with van der Waals surface area (Å²) in [5, 5.41) is 10.2. The molecule has 3 heteroatoms. The molecule has 0 heterocycles. The van der Waals surface area contributed by atoms with Gasteiger partial charge in [0.15, 0.2) is 0 Å². The summed E-state index contributed by atoms with van der Waals surface area (Å²) in [5.74, 6) is 0.0788. The molecule has 0 aliphatic carbocycles. The Morgan fingerprint density at radius 2 is 1.88 bits per heavy atom. The van der Waals surface area contributed by atoms with Crippen LogP contribution in [-0.4, -0.2) is 5.11 Å². The molecule has 0 aliphatic heterocycles. The third-order valence-electron chi connectivity index (χ3n) is 2.46. The number of phenolic OH excluding ortho intramolecular Hbond substituents is 1. The van der Waals surface area contributed by atoms with Crippen molar-refractivity contribution < 1.29 is 5.11 Å². The molecule has 2 nitrogen and oxygen atoms in total. The van der Waals surface area contributed by atoms with Crippen LogP contribution in [0.3, 0.4) is 0 Å². The van der Waals surface area contributed by atoms with Crippen molar-refractivity contribution in [3.8, 4) is 16.9 Å². The van der Waals surface area contributed by atoms with Gasteiger partial charge in [-0.1, -0.05) is 29.3 Å². The number of hydrogen-bond donors (Lipinski definition) is 2. The summed E-state index contributed by atoms with van der Waals surface area (Å²) in [6.07, 6.45) is 0. The van der Waals surface area contributed by atoms with Gasteiger partial charge in [-0.2, -0.15) is 0 Å². The maximum atomic E-state index is 9.55. The van der Waals surface area contributed by atoms with Crippen molar-refractivity contribution in [2.75, 3.05) is 5.73 Å². The minimum Gasteiger partial charge on any atom is -0.506 e. The van der Waals surface area contributed by atoms with E-state index in [1.807, 2.05) is 31.2 Å². The summed E-state index contributed by atoms with van der Waals surface area (Å²) in [7, 11) is 0. The molecule has 0 radical (unpaired) electrons. The van der Waals surface area contributed by atoms with Crippen LogP contribution in [0.1, 0.15) is 5.56 Å². The molecule has 0 unspecified atom stereocenters. The number of nitrogens with two attached hydrogens (primary N) is 1. The maximum absolute atomic E-state index is 9.55. The van der Waals surface area contributed by atoms with Crippen LogP contribution in [0.4, 0.5) is 5.69 Å². The lowest BCUT2D eigenvalue weighted by Gasteiger charge is -2.07. The smallest absolute Gasteiger partial charge is 0.139 e. The molecule has 0 spiro atoms. The SMILES string of the molecule is Cc1ccc(Cl)c(-c2ccc(N)c(O)c2)c1. The van der Waals surface area contributed by atoms with Gasteiger partial charge in [-0.3, -0.25) is 0 Å². The second kappa shape index (κ2) is 4.06. The average Bonchev–Trinajstić information content (AvgIpc) is 2.26. The van der Waals surface area contributed by atoms with E-state index in [2.05, 4.69) is 0 Å². The van der Waals surface area contributed by atoms with Crippen LogP contribution in [-0.2, 0) is 0 Å². The normalized spacial score (nSPS) is 10.4. The first-order valence-electron chi connectivity index (χ1n) is 4.93. The fraction of sp³-hybridized carbons (Fsp3) is 0.0769. The number of aromatic hydroxyl groups is 1. The minimum atomic E-state index is 0.0788. The Kier molecular flexibility index (Phi) is 2.75. The Hall–Kier alpha value is -1.67. The molecule has 16 heavy (non-hydrogen) atoms. The van der Waals surface area contributed by atoms with E-state index in [4.69, 9.17) is 17.3 Å². The van der Waals surface area contributed by atoms with Crippen molar-refractivity contribution in [2.24, 2.45) is 0 Å². The summed E-state index contributed by atoms with van der Waals surface area (Å²) >= 11 is 6.11. The van der Waals surface area contributed by atoms with E-state index in [0.717, 1.165) is 16.7 Å². The molecule has 0 saturated heterocycles. The Bertz CT molecular complexity index is 537. The molecule has 0 aliphatic rings. The van der Waals surface area contributed by atoms with Gasteiger partial charge in [0.1, 0.15) is 5.75 Å². The predicted octanol–water partition coefficient (Wildman–Crippen LogP) is 3.60. The average molecular weight is 234 g/mol. The van der Waals surface area contributed by atoms with E-state index in [1.165, 1.54) is 0 Å². The molecule has 0 saturated carbocycles.